The molecule has 2 atom stereocenters. The molecular formula is C8H15NO3. The molecule has 0 saturated carbocycles. The van der Waals surface area contributed by atoms with Crippen molar-refractivity contribution in [1.29, 1.82) is 0 Å². The van der Waals surface area contributed by atoms with E-state index in [1.807, 2.05) is 0 Å². The van der Waals surface area contributed by atoms with Gasteiger partial charge < -0.3 is 10.4 Å². The van der Waals surface area contributed by atoms with Crippen molar-refractivity contribution in [2.45, 2.75) is 33.1 Å². The lowest BCUT2D eigenvalue weighted by Crippen LogP contribution is -2.40. The van der Waals surface area contributed by atoms with Crippen LogP contribution in [0.5, 0.6) is 0 Å². The lowest BCUT2D eigenvalue weighted by molar-refractivity contribution is -0.142. The summed E-state index contributed by atoms with van der Waals surface area (Å²) in [6.45, 7) is -0.896. The van der Waals surface area contributed by atoms with Crippen molar-refractivity contribution < 1.29 is 22.9 Å². The second-order valence-corrected chi connectivity index (χ2v) is 2.23. The summed E-state index contributed by atoms with van der Waals surface area (Å²) in [7, 11) is 0. The zero-order valence-electron chi connectivity index (χ0n) is 12.8. The van der Waals surface area contributed by atoms with E-state index in [-0.39, 0.29) is 0 Å². The highest BCUT2D eigenvalue weighted by Gasteiger charge is 2.18. The second kappa shape index (κ2) is 4.74. The molecule has 0 fully saturated rings. The van der Waals surface area contributed by atoms with Crippen LogP contribution < -0.4 is 5.32 Å². The molecule has 0 aliphatic heterocycles. The first kappa shape index (κ1) is 4.25. The zero-order chi connectivity index (χ0) is 14.9. The van der Waals surface area contributed by atoms with Gasteiger partial charge in [-0.15, -0.1) is 0 Å². The third-order valence-electron chi connectivity index (χ3n) is 0.876. The van der Waals surface area contributed by atoms with E-state index in [1.165, 1.54) is 0 Å². The summed E-state index contributed by atoms with van der Waals surface area (Å²) in [4.78, 5) is 21.9. The molecule has 2 N–H and O–H groups in total. The number of carbonyl (C=O) groups excluding carboxylic acids is 1. The van der Waals surface area contributed by atoms with Gasteiger partial charge in [-0.05, 0) is 12.3 Å². The van der Waals surface area contributed by atoms with Gasteiger partial charge >= 0.3 is 5.97 Å². The van der Waals surface area contributed by atoms with Crippen LogP contribution >= 0.6 is 0 Å². The number of amides is 1. The third kappa shape index (κ3) is 4.71. The third-order valence-corrected chi connectivity index (χ3v) is 0.876. The van der Waals surface area contributed by atoms with E-state index in [4.69, 9.17) is 13.3 Å². The quantitative estimate of drug-likeness (QED) is 0.665. The first-order valence-electron chi connectivity index (χ1n) is 6.29. The van der Waals surface area contributed by atoms with Crippen LogP contribution in [0.3, 0.4) is 0 Å². The van der Waals surface area contributed by atoms with Crippen molar-refractivity contribution in [1.82, 2.24) is 5.32 Å². The number of rotatable bonds is 4. The van der Waals surface area contributed by atoms with Crippen LogP contribution in [0.25, 0.3) is 0 Å². The Balaban J connectivity index is 5.62. The minimum absolute atomic E-state index is 0.919. The first-order chi connectivity index (χ1) is 7.76. The Bertz CT molecular complexity index is 355. The van der Waals surface area contributed by atoms with Crippen LogP contribution in [0.15, 0.2) is 0 Å². The van der Waals surface area contributed by atoms with Crippen LogP contribution in [0.1, 0.15) is 35.3 Å². The summed E-state index contributed by atoms with van der Waals surface area (Å²) in [5.41, 5.74) is 0. The molecule has 0 aliphatic carbocycles. The van der Waals surface area contributed by atoms with Crippen molar-refractivity contribution in [3.63, 3.8) is 0 Å². The maximum absolute atomic E-state index is 11.0. The minimum Gasteiger partial charge on any atom is -0.480 e. The molecule has 4 nitrogen and oxygen atoms in total. The molecule has 2 unspecified atom stereocenters. The number of hydrogen-bond donors (Lipinski definition) is 2. The maximum Gasteiger partial charge on any atom is 0.326 e. The highest BCUT2D eigenvalue weighted by molar-refractivity contribution is 5.81. The molecule has 0 heterocycles. The fraction of sp³-hybridized carbons (Fsp3) is 0.750. The van der Waals surface area contributed by atoms with Crippen molar-refractivity contribution in [2.24, 2.45) is 5.92 Å². The largest absolute Gasteiger partial charge is 0.480 e. The molecule has 4 heteroatoms. The van der Waals surface area contributed by atoms with Crippen LogP contribution in [0, 0.1) is 5.92 Å². The van der Waals surface area contributed by atoms with Gasteiger partial charge in [-0.1, -0.05) is 13.8 Å². The molecule has 12 heavy (non-hydrogen) atoms. The van der Waals surface area contributed by atoms with E-state index in [0.29, 0.717) is 0 Å². The van der Waals surface area contributed by atoms with Crippen LogP contribution in [0.2, 0.25) is 0 Å². The zero-order valence-corrected chi connectivity index (χ0v) is 6.84. The number of carbonyl (C=O) groups is 2. The Labute approximate surface area is 80.4 Å². The second-order valence-electron chi connectivity index (χ2n) is 2.23. The maximum atomic E-state index is 11.0. The van der Waals surface area contributed by atoms with Gasteiger partial charge in [-0.2, -0.15) is 0 Å². The van der Waals surface area contributed by atoms with Gasteiger partial charge in [0.25, 0.3) is 0 Å². The van der Waals surface area contributed by atoms with E-state index < -0.39 is 37.0 Å². The summed E-state index contributed by atoms with van der Waals surface area (Å²) >= 11 is 0. The van der Waals surface area contributed by atoms with Gasteiger partial charge in [0, 0.05) is 13.8 Å². The van der Waals surface area contributed by atoms with Gasteiger partial charge in [-0.3, -0.25) is 4.79 Å². The lowest BCUT2D eigenvalue weighted by Gasteiger charge is -2.14. The molecule has 70 valence electrons. The molecule has 0 rings (SSSR count). The monoisotopic (exact) mass is 179 g/mol. The van der Waals surface area contributed by atoms with Gasteiger partial charge in [0.1, 0.15) is 6.02 Å². The number of nitrogens with one attached hydrogen (secondary N) is 1. The Morgan fingerprint density at radius 1 is 1.83 bits per heavy atom. The molecule has 0 radical (unpaired) electrons. The predicted molar refractivity (Wildman–Crippen MR) is 44.7 cm³/mol. The number of aliphatic carboxylic acids is 1. The van der Waals surface area contributed by atoms with Crippen LogP contribution in [0.4, 0.5) is 0 Å². The average Bonchev–Trinajstić information content (AvgIpc) is 2.13. The topological polar surface area (TPSA) is 66.4 Å². The fourth-order valence-electron chi connectivity index (χ4n) is 0.544. The standard InChI is InChI=1S/C8H15NO3/c1-5(2)4-7(8(11)12)9-6(3)10/h5,7H,4H2,1-3H3,(H,9,10)(H,11,12)/i1D3,4D2,7D. The Hall–Kier alpha value is -1.06. The fourth-order valence-corrected chi connectivity index (χ4v) is 0.544. The summed E-state index contributed by atoms with van der Waals surface area (Å²) in [5, 5.41) is 10.6. The van der Waals surface area contributed by atoms with Gasteiger partial charge in [-0.25, -0.2) is 4.79 Å². The Kier molecular flexibility index (Phi) is 1.68. The van der Waals surface area contributed by atoms with Crippen molar-refractivity contribution >= 4 is 11.9 Å². The van der Waals surface area contributed by atoms with Crippen LogP contribution in [-0.4, -0.2) is 23.0 Å². The van der Waals surface area contributed by atoms with E-state index in [0.717, 1.165) is 13.8 Å². The smallest absolute Gasteiger partial charge is 0.326 e. The average molecular weight is 179 g/mol. The van der Waals surface area contributed by atoms with E-state index in [9.17, 15) is 9.59 Å². The van der Waals surface area contributed by atoms with E-state index >= 15 is 0 Å². The molecule has 0 aromatic carbocycles. The molecule has 0 saturated heterocycles. The van der Waals surface area contributed by atoms with Crippen molar-refractivity contribution in [3.8, 4) is 0 Å². The molecular weight excluding hydrogens is 158 g/mol. The van der Waals surface area contributed by atoms with Gasteiger partial charge in [0.2, 0.25) is 5.91 Å². The molecule has 0 spiro atoms. The molecule has 1 amide bonds. The normalized spacial score (nSPS) is 27.2. The van der Waals surface area contributed by atoms with Gasteiger partial charge in [0.15, 0.2) is 0 Å². The van der Waals surface area contributed by atoms with Gasteiger partial charge in [0.05, 0.1) is 1.37 Å². The summed E-state index contributed by atoms with van der Waals surface area (Å²) in [6, 6.07) is -3.06. The molecule has 0 bridgehead atoms. The summed E-state index contributed by atoms with van der Waals surface area (Å²) < 4.78 is 44.0. The first-order valence-corrected chi connectivity index (χ1v) is 3.29. The summed E-state index contributed by atoms with van der Waals surface area (Å²) in [5.74, 6) is -4.64. The van der Waals surface area contributed by atoms with E-state index in [2.05, 4.69) is 0 Å². The Morgan fingerprint density at radius 3 is 2.75 bits per heavy atom. The summed E-state index contributed by atoms with van der Waals surface area (Å²) in [6.07, 6.45) is -2.98. The van der Waals surface area contributed by atoms with Crippen molar-refractivity contribution in [3.05, 3.63) is 0 Å². The number of hydrogen-bond acceptors (Lipinski definition) is 2. The highest BCUT2D eigenvalue weighted by Crippen LogP contribution is 2.04. The number of carboxylic acid groups (broad SMARTS) is 1. The molecule has 0 aliphatic rings. The SMILES string of the molecule is [2H]C([2H])([2H])C(C)C([2H])([2H])C([2H])(NC(C)=O)C(=O)O. The highest BCUT2D eigenvalue weighted by atomic mass is 16.4. The Morgan fingerprint density at radius 2 is 2.42 bits per heavy atom. The van der Waals surface area contributed by atoms with Crippen LogP contribution in [-0.2, 0) is 9.59 Å². The van der Waals surface area contributed by atoms with Crippen molar-refractivity contribution in [2.75, 3.05) is 0 Å². The predicted octanol–water partition coefficient (Wildman–Crippen LogP) is 0.622. The van der Waals surface area contributed by atoms with E-state index in [1.54, 1.807) is 5.32 Å². The lowest BCUT2D eigenvalue weighted by atomic mass is 10.0. The number of carboxylic acids is 1. The minimum atomic E-state index is -3.06. The molecule has 0 aromatic rings. The molecule has 0 aromatic heterocycles.